The third-order valence-electron chi connectivity index (χ3n) is 3.35. The summed E-state index contributed by atoms with van der Waals surface area (Å²) >= 11 is 0. The van der Waals surface area contributed by atoms with Gasteiger partial charge in [-0.3, -0.25) is 9.59 Å². The highest BCUT2D eigenvalue weighted by atomic mass is 16.4. The minimum absolute atomic E-state index is 0.127. The number of carbonyl (C=O) groups is 2. The van der Waals surface area contributed by atoms with Gasteiger partial charge in [0.15, 0.2) is 0 Å². The van der Waals surface area contributed by atoms with Gasteiger partial charge in [0.05, 0.1) is 23.7 Å². The topological polar surface area (TPSA) is 83.1 Å². The Morgan fingerprint density at radius 3 is 2.43 bits per heavy atom. The lowest BCUT2D eigenvalue weighted by molar-refractivity contribution is -0.136. The molecule has 0 fully saturated rings. The number of rotatable bonds is 4. The summed E-state index contributed by atoms with van der Waals surface area (Å²) in [5, 5.41) is 17.6. The minimum Gasteiger partial charge on any atom is -0.481 e. The van der Waals surface area contributed by atoms with Crippen molar-refractivity contribution in [3.05, 3.63) is 58.4 Å². The number of aliphatic carboxylic acids is 1. The Hall–Kier alpha value is -2.87. The van der Waals surface area contributed by atoms with Crippen molar-refractivity contribution in [2.24, 2.45) is 7.05 Å². The van der Waals surface area contributed by atoms with Crippen LogP contribution in [0.2, 0.25) is 0 Å². The lowest BCUT2D eigenvalue weighted by atomic mass is 10.0. The fraction of sp³-hybridized carbons (Fsp3) is 0.188. The Bertz CT molecular complexity index is 749. The maximum absolute atomic E-state index is 12.5. The van der Waals surface area contributed by atoms with Gasteiger partial charge in [-0.15, -0.1) is 0 Å². The number of nitriles is 1. The number of aryl methyl sites for hydroxylation is 1. The standard InChI is InChI=1S/C16H14N2O3/c1-10-7-13(8-14(19)20)18(2)15(10)16(21)12-5-3-11(9-17)4-6-12/h3-7H,8H2,1-2H3,(H,19,20). The first kappa shape index (κ1) is 14.5. The summed E-state index contributed by atoms with van der Waals surface area (Å²) in [6.45, 7) is 1.78. The van der Waals surface area contributed by atoms with Crippen molar-refractivity contribution in [3.63, 3.8) is 0 Å². The van der Waals surface area contributed by atoms with E-state index in [0.717, 1.165) is 5.56 Å². The van der Waals surface area contributed by atoms with Gasteiger partial charge in [-0.2, -0.15) is 5.26 Å². The molecule has 2 aromatic rings. The molecule has 21 heavy (non-hydrogen) atoms. The van der Waals surface area contributed by atoms with E-state index < -0.39 is 5.97 Å². The van der Waals surface area contributed by atoms with Crippen molar-refractivity contribution >= 4 is 11.8 Å². The van der Waals surface area contributed by atoms with Crippen molar-refractivity contribution < 1.29 is 14.7 Å². The van der Waals surface area contributed by atoms with Crippen molar-refractivity contribution in [2.75, 3.05) is 0 Å². The Morgan fingerprint density at radius 1 is 1.29 bits per heavy atom. The van der Waals surface area contributed by atoms with Crippen LogP contribution in [0.3, 0.4) is 0 Å². The molecule has 0 amide bonds. The molecule has 0 bridgehead atoms. The fourth-order valence-corrected chi connectivity index (χ4v) is 2.31. The van der Waals surface area contributed by atoms with Crippen molar-refractivity contribution in [1.82, 2.24) is 4.57 Å². The summed E-state index contributed by atoms with van der Waals surface area (Å²) in [5.74, 6) is -1.12. The minimum atomic E-state index is -0.937. The first-order valence-corrected chi connectivity index (χ1v) is 6.36. The molecule has 0 saturated carbocycles. The normalized spacial score (nSPS) is 10.1. The second kappa shape index (κ2) is 5.63. The third-order valence-corrected chi connectivity index (χ3v) is 3.35. The Kier molecular flexibility index (Phi) is 3.90. The van der Waals surface area contributed by atoms with Crippen molar-refractivity contribution in [1.29, 1.82) is 5.26 Å². The van der Waals surface area contributed by atoms with E-state index in [2.05, 4.69) is 0 Å². The number of benzene rings is 1. The molecule has 0 aliphatic carbocycles. The number of carboxylic acids is 1. The zero-order chi connectivity index (χ0) is 15.6. The average molecular weight is 282 g/mol. The number of carboxylic acid groups (broad SMARTS) is 1. The third kappa shape index (κ3) is 2.84. The first-order chi connectivity index (χ1) is 9.93. The van der Waals surface area contributed by atoms with Crippen LogP contribution in [0.1, 0.15) is 32.9 Å². The SMILES string of the molecule is Cc1cc(CC(=O)O)n(C)c1C(=O)c1ccc(C#N)cc1. The van der Waals surface area contributed by atoms with E-state index in [1.807, 2.05) is 6.07 Å². The summed E-state index contributed by atoms with van der Waals surface area (Å²) < 4.78 is 1.62. The molecule has 2 rings (SSSR count). The van der Waals surface area contributed by atoms with Crippen LogP contribution in [0.15, 0.2) is 30.3 Å². The largest absolute Gasteiger partial charge is 0.481 e. The van der Waals surface area contributed by atoms with Gasteiger partial charge in [0.1, 0.15) is 0 Å². The van der Waals surface area contributed by atoms with Gasteiger partial charge in [-0.1, -0.05) is 0 Å². The van der Waals surface area contributed by atoms with E-state index >= 15 is 0 Å². The van der Waals surface area contributed by atoms with Gasteiger partial charge in [0.25, 0.3) is 0 Å². The van der Waals surface area contributed by atoms with E-state index in [0.29, 0.717) is 22.5 Å². The second-order valence-corrected chi connectivity index (χ2v) is 4.82. The van der Waals surface area contributed by atoms with Crippen LogP contribution in [0.4, 0.5) is 0 Å². The average Bonchev–Trinajstić information content (AvgIpc) is 2.72. The van der Waals surface area contributed by atoms with Crippen LogP contribution in [-0.4, -0.2) is 21.4 Å². The van der Waals surface area contributed by atoms with Gasteiger partial charge < -0.3 is 9.67 Å². The number of aromatic nitrogens is 1. The quantitative estimate of drug-likeness (QED) is 0.870. The lowest BCUT2D eigenvalue weighted by Gasteiger charge is -2.07. The highest BCUT2D eigenvalue weighted by Gasteiger charge is 2.19. The molecule has 1 N–H and O–H groups in total. The predicted molar refractivity (Wildman–Crippen MR) is 76.1 cm³/mol. The first-order valence-electron chi connectivity index (χ1n) is 6.36. The van der Waals surface area contributed by atoms with Crippen molar-refractivity contribution in [3.8, 4) is 6.07 Å². The molecule has 5 nitrogen and oxygen atoms in total. The van der Waals surface area contributed by atoms with Crippen LogP contribution in [0.5, 0.6) is 0 Å². The molecule has 5 heteroatoms. The smallest absolute Gasteiger partial charge is 0.309 e. The molecular formula is C16H14N2O3. The summed E-state index contributed by atoms with van der Waals surface area (Å²) in [4.78, 5) is 23.4. The van der Waals surface area contributed by atoms with Gasteiger partial charge in [0, 0.05) is 18.3 Å². The molecule has 0 atom stereocenters. The van der Waals surface area contributed by atoms with Crippen LogP contribution in [-0.2, 0) is 18.3 Å². The lowest BCUT2D eigenvalue weighted by Crippen LogP contribution is -2.12. The zero-order valence-corrected chi connectivity index (χ0v) is 11.8. The van der Waals surface area contributed by atoms with Crippen LogP contribution < -0.4 is 0 Å². The Morgan fingerprint density at radius 2 is 1.90 bits per heavy atom. The highest BCUT2D eigenvalue weighted by molar-refractivity contribution is 6.09. The number of nitrogens with zero attached hydrogens (tertiary/aromatic N) is 2. The molecule has 0 aliphatic heterocycles. The molecule has 0 radical (unpaired) electrons. The predicted octanol–water partition coefficient (Wildman–Crippen LogP) is 2.06. The number of hydrogen-bond donors (Lipinski definition) is 1. The molecule has 0 aliphatic rings. The fourth-order valence-electron chi connectivity index (χ4n) is 2.31. The molecule has 0 spiro atoms. The maximum atomic E-state index is 12.5. The molecule has 1 heterocycles. The van der Waals surface area contributed by atoms with Crippen LogP contribution in [0.25, 0.3) is 0 Å². The Labute approximate surface area is 122 Å². The zero-order valence-electron chi connectivity index (χ0n) is 11.8. The van der Waals surface area contributed by atoms with E-state index in [4.69, 9.17) is 10.4 Å². The summed E-state index contributed by atoms with van der Waals surface area (Å²) in [6.07, 6.45) is -0.127. The molecule has 1 aromatic carbocycles. The summed E-state index contributed by atoms with van der Waals surface area (Å²) in [5.41, 5.74) is 2.75. The van der Waals surface area contributed by atoms with E-state index in [-0.39, 0.29) is 12.2 Å². The van der Waals surface area contributed by atoms with Gasteiger partial charge in [-0.05, 0) is 42.8 Å². The second-order valence-electron chi connectivity index (χ2n) is 4.82. The molecule has 1 aromatic heterocycles. The van der Waals surface area contributed by atoms with E-state index in [1.54, 1.807) is 48.9 Å². The Balaban J connectivity index is 2.41. The monoisotopic (exact) mass is 282 g/mol. The van der Waals surface area contributed by atoms with Crippen molar-refractivity contribution in [2.45, 2.75) is 13.3 Å². The van der Waals surface area contributed by atoms with Crippen LogP contribution >= 0.6 is 0 Å². The van der Waals surface area contributed by atoms with Gasteiger partial charge in [0.2, 0.25) is 5.78 Å². The number of carbonyl (C=O) groups excluding carboxylic acids is 1. The molecular weight excluding hydrogens is 268 g/mol. The van der Waals surface area contributed by atoms with Gasteiger partial charge >= 0.3 is 5.97 Å². The van der Waals surface area contributed by atoms with Gasteiger partial charge in [-0.25, -0.2) is 0 Å². The van der Waals surface area contributed by atoms with E-state index in [9.17, 15) is 9.59 Å². The maximum Gasteiger partial charge on any atom is 0.309 e. The van der Waals surface area contributed by atoms with E-state index in [1.165, 1.54) is 0 Å². The van der Waals surface area contributed by atoms with Crippen LogP contribution in [0, 0.1) is 18.3 Å². The molecule has 0 unspecified atom stereocenters. The summed E-state index contributed by atoms with van der Waals surface area (Å²) in [7, 11) is 1.68. The number of hydrogen-bond acceptors (Lipinski definition) is 3. The molecule has 106 valence electrons. The summed E-state index contributed by atoms with van der Waals surface area (Å²) in [6, 6.07) is 10.1. The molecule has 0 saturated heterocycles. The number of ketones is 1. The highest BCUT2D eigenvalue weighted by Crippen LogP contribution is 2.19.